The Morgan fingerprint density at radius 2 is 1.95 bits per heavy atom. The zero-order valence-corrected chi connectivity index (χ0v) is 12.8. The lowest BCUT2D eigenvalue weighted by Gasteiger charge is -2.19. The van der Waals surface area contributed by atoms with Gasteiger partial charge in [0.05, 0.1) is 5.69 Å². The van der Waals surface area contributed by atoms with Gasteiger partial charge >= 0.3 is 6.03 Å². The molecule has 0 saturated heterocycles. The van der Waals surface area contributed by atoms with Gasteiger partial charge in [-0.25, -0.2) is 4.79 Å². The van der Waals surface area contributed by atoms with E-state index < -0.39 is 0 Å². The molecule has 1 aromatic rings. The Morgan fingerprint density at radius 1 is 1.30 bits per heavy atom. The Kier molecular flexibility index (Phi) is 5.44. The molecular formula is C14H24N4O2. The van der Waals surface area contributed by atoms with E-state index in [2.05, 4.69) is 41.6 Å². The van der Waals surface area contributed by atoms with E-state index in [1.54, 1.807) is 6.07 Å². The maximum Gasteiger partial charge on any atom is 0.320 e. The number of urea groups is 1. The molecule has 2 atom stereocenters. The predicted octanol–water partition coefficient (Wildman–Crippen LogP) is 1.91. The highest BCUT2D eigenvalue weighted by molar-refractivity contribution is 5.88. The molecule has 0 fully saturated rings. The second-order valence-electron chi connectivity index (χ2n) is 6.10. The van der Waals surface area contributed by atoms with E-state index in [-0.39, 0.29) is 30.0 Å². The molecule has 6 nitrogen and oxygen atoms in total. The van der Waals surface area contributed by atoms with Crippen LogP contribution >= 0.6 is 0 Å². The molecular weight excluding hydrogens is 256 g/mol. The molecule has 20 heavy (non-hydrogen) atoms. The third kappa shape index (κ3) is 4.77. The van der Waals surface area contributed by atoms with Crippen LogP contribution in [-0.2, 0) is 5.41 Å². The number of nitrogens with one attached hydrogen (secondary N) is 2. The predicted molar refractivity (Wildman–Crippen MR) is 78.6 cm³/mol. The summed E-state index contributed by atoms with van der Waals surface area (Å²) >= 11 is 0. The quantitative estimate of drug-likeness (QED) is 0.786. The van der Waals surface area contributed by atoms with Crippen molar-refractivity contribution in [2.45, 2.75) is 46.1 Å². The van der Waals surface area contributed by atoms with Crippen LogP contribution < -0.4 is 10.6 Å². The third-order valence-electron chi connectivity index (χ3n) is 3.17. The van der Waals surface area contributed by atoms with E-state index in [9.17, 15) is 4.79 Å². The zero-order valence-electron chi connectivity index (χ0n) is 12.8. The number of carbonyl (C=O) groups is 1. The van der Waals surface area contributed by atoms with E-state index in [0.29, 0.717) is 5.82 Å². The summed E-state index contributed by atoms with van der Waals surface area (Å²) in [5.74, 6) is 0.398. The van der Waals surface area contributed by atoms with Crippen molar-refractivity contribution in [1.82, 2.24) is 15.5 Å². The van der Waals surface area contributed by atoms with Gasteiger partial charge in [0.25, 0.3) is 0 Å². The van der Waals surface area contributed by atoms with E-state index in [1.165, 1.54) is 0 Å². The summed E-state index contributed by atoms with van der Waals surface area (Å²) in [7, 11) is 0. The lowest BCUT2D eigenvalue weighted by Crippen LogP contribution is -2.41. The topological polar surface area (TPSA) is 87.1 Å². The van der Waals surface area contributed by atoms with Crippen LogP contribution in [0.3, 0.4) is 0 Å². The van der Waals surface area contributed by atoms with Crippen molar-refractivity contribution in [3.63, 3.8) is 0 Å². The minimum atomic E-state index is -0.351. The average molecular weight is 280 g/mol. The summed E-state index contributed by atoms with van der Waals surface area (Å²) in [6, 6.07) is 3.10. The van der Waals surface area contributed by atoms with Gasteiger partial charge in [-0.3, -0.25) is 5.32 Å². The zero-order chi connectivity index (χ0) is 15.3. The number of hydrogen-bond donors (Lipinski definition) is 3. The van der Waals surface area contributed by atoms with Crippen molar-refractivity contribution in [3.05, 3.63) is 17.8 Å². The molecule has 2 unspecified atom stereocenters. The highest BCUT2D eigenvalue weighted by Crippen LogP contribution is 2.19. The number of aliphatic hydroxyl groups is 1. The van der Waals surface area contributed by atoms with Gasteiger partial charge in [0.15, 0.2) is 5.82 Å². The normalized spacial score (nSPS) is 14.5. The molecule has 0 spiro atoms. The first kappa shape index (κ1) is 16.4. The van der Waals surface area contributed by atoms with E-state index in [0.717, 1.165) is 5.69 Å². The summed E-state index contributed by atoms with van der Waals surface area (Å²) in [5.41, 5.74) is 0.796. The Bertz CT molecular complexity index is 439. The van der Waals surface area contributed by atoms with Crippen LogP contribution in [-0.4, -0.2) is 34.0 Å². The molecule has 0 aliphatic carbocycles. The van der Waals surface area contributed by atoms with Crippen molar-refractivity contribution in [2.24, 2.45) is 5.92 Å². The first-order chi connectivity index (χ1) is 9.24. The van der Waals surface area contributed by atoms with Crippen molar-refractivity contribution < 1.29 is 9.90 Å². The minimum absolute atomic E-state index is 0.00454. The second kappa shape index (κ2) is 6.65. The SMILES string of the molecule is CC(CO)C(C)NC(=O)Nc1ccc(C(C)(C)C)nn1. The number of amides is 2. The molecule has 1 aromatic heterocycles. The molecule has 3 N–H and O–H groups in total. The van der Waals surface area contributed by atoms with Crippen LogP contribution in [0.4, 0.5) is 10.6 Å². The number of hydrogen-bond acceptors (Lipinski definition) is 4. The first-order valence-corrected chi connectivity index (χ1v) is 6.76. The van der Waals surface area contributed by atoms with Crippen LogP contribution in [0, 0.1) is 5.92 Å². The third-order valence-corrected chi connectivity index (χ3v) is 3.17. The van der Waals surface area contributed by atoms with Crippen LogP contribution in [0.15, 0.2) is 12.1 Å². The fourth-order valence-electron chi connectivity index (χ4n) is 1.46. The maximum atomic E-state index is 11.8. The number of rotatable bonds is 4. The van der Waals surface area contributed by atoms with E-state index in [4.69, 9.17) is 5.11 Å². The number of nitrogens with zero attached hydrogens (tertiary/aromatic N) is 2. The fourth-order valence-corrected chi connectivity index (χ4v) is 1.46. The molecule has 2 amide bonds. The molecule has 0 saturated carbocycles. The van der Waals surface area contributed by atoms with Crippen LogP contribution in [0.2, 0.25) is 0 Å². The van der Waals surface area contributed by atoms with Crippen molar-refractivity contribution in [1.29, 1.82) is 0 Å². The van der Waals surface area contributed by atoms with Gasteiger partial charge in [-0.15, -0.1) is 5.10 Å². The lowest BCUT2D eigenvalue weighted by atomic mass is 9.92. The average Bonchev–Trinajstić information content (AvgIpc) is 2.37. The number of aliphatic hydroxyl groups excluding tert-OH is 1. The molecule has 1 heterocycles. The number of carbonyl (C=O) groups excluding carboxylic acids is 1. The highest BCUT2D eigenvalue weighted by atomic mass is 16.3. The number of aromatic nitrogens is 2. The molecule has 112 valence electrons. The van der Waals surface area contributed by atoms with Gasteiger partial charge in [0.1, 0.15) is 0 Å². The maximum absolute atomic E-state index is 11.8. The summed E-state index contributed by atoms with van der Waals surface area (Å²) in [6.07, 6.45) is 0. The van der Waals surface area contributed by atoms with E-state index >= 15 is 0 Å². The van der Waals surface area contributed by atoms with Gasteiger partial charge in [0.2, 0.25) is 0 Å². The summed E-state index contributed by atoms with van der Waals surface area (Å²) in [5, 5.41) is 22.5. The van der Waals surface area contributed by atoms with Crippen molar-refractivity contribution in [3.8, 4) is 0 Å². The van der Waals surface area contributed by atoms with Crippen LogP contribution in [0.1, 0.15) is 40.3 Å². The fraction of sp³-hybridized carbons (Fsp3) is 0.643. The van der Waals surface area contributed by atoms with Gasteiger partial charge in [0, 0.05) is 18.1 Å². The highest BCUT2D eigenvalue weighted by Gasteiger charge is 2.17. The standard InChI is InChI=1S/C14H24N4O2/c1-9(8-19)10(2)15-13(20)16-12-7-6-11(17-18-12)14(3,4)5/h6-7,9-10,19H,8H2,1-5H3,(H2,15,16,18,20). The minimum Gasteiger partial charge on any atom is -0.396 e. The molecule has 0 aliphatic heterocycles. The van der Waals surface area contributed by atoms with Gasteiger partial charge in [-0.1, -0.05) is 27.7 Å². The second-order valence-corrected chi connectivity index (χ2v) is 6.10. The van der Waals surface area contributed by atoms with Gasteiger partial charge in [-0.05, 0) is 25.0 Å². The first-order valence-electron chi connectivity index (χ1n) is 6.76. The number of anilines is 1. The Balaban J connectivity index is 2.59. The molecule has 6 heteroatoms. The van der Waals surface area contributed by atoms with E-state index in [1.807, 2.05) is 19.9 Å². The molecule has 0 aliphatic rings. The molecule has 0 bridgehead atoms. The summed E-state index contributed by atoms with van der Waals surface area (Å²) in [4.78, 5) is 11.8. The summed E-state index contributed by atoms with van der Waals surface area (Å²) < 4.78 is 0. The van der Waals surface area contributed by atoms with Crippen LogP contribution in [0.5, 0.6) is 0 Å². The Morgan fingerprint density at radius 3 is 2.40 bits per heavy atom. The van der Waals surface area contributed by atoms with Crippen molar-refractivity contribution in [2.75, 3.05) is 11.9 Å². The molecule has 0 aromatic carbocycles. The van der Waals surface area contributed by atoms with Gasteiger partial charge < -0.3 is 10.4 Å². The lowest BCUT2D eigenvalue weighted by molar-refractivity contribution is 0.204. The molecule has 1 rings (SSSR count). The largest absolute Gasteiger partial charge is 0.396 e. The molecule has 0 radical (unpaired) electrons. The summed E-state index contributed by atoms with van der Waals surface area (Å²) in [6.45, 7) is 9.89. The smallest absolute Gasteiger partial charge is 0.320 e. The Labute approximate surface area is 120 Å². The van der Waals surface area contributed by atoms with Gasteiger partial charge in [-0.2, -0.15) is 5.10 Å². The Hall–Kier alpha value is -1.69. The van der Waals surface area contributed by atoms with Crippen LogP contribution in [0.25, 0.3) is 0 Å². The van der Waals surface area contributed by atoms with Crippen molar-refractivity contribution >= 4 is 11.8 Å². The monoisotopic (exact) mass is 280 g/mol.